The minimum absolute atomic E-state index is 0.218. The molecule has 0 saturated heterocycles. The molecule has 0 aliphatic rings. The first-order valence-electron chi connectivity index (χ1n) is 5.54. The Bertz CT molecular complexity index is 346. The molecule has 0 radical (unpaired) electrons. The van der Waals surface area contributed by atoms with Crippen molar-refractivity contribution in [1.82, 2.24) is 0 Å². The number of hydrogen-bond donors (Lipinski definition) is 1. The molecular formula is C13H19NO2. The maximum atomic E-state index is 9.44. The third kappa shape index (κ3) is 2.92. The molecule has 0 fully saturated rings. The van der Waals surface area contributed by atoms with E-state index in [0.29, 0.717) is 12.4 Å². The fraction of sp³-hybridized carbons (Fsp3) is 0.385. The van der Waals surface area contributed by atoms with Gasteiger partial charge in [-0.15, -0.1) is 0 Å². The molecule has 0 saturated carbocycles. The van der Waals surface area contributed by atoms with E-state index in [1.54, 1.807) is 18.2 Å². The molecule has 0 heterocycles. The highest BCUT2D eigenvalue weighted by molar-refractivity contribution is 5.60. The molecule has 0 aliphatic heterocycles. The Balaban J connectivity index is 3.00. The van der Waals surface area contributed by atoms with Gasteiger partial charge in [-0.25, -0.2) is 0 Å². The number of anilines is 1. The number of ether oxygens (including phenoxy) is 1. The molecule has 0 aliphatic carbocycles. The van der Waals surface area contributed by atoms with Crippen molar-refractivity contribution < 1.29 is 9.84 Å². The van der Waals surface area contributed by atoms with Gasteiger partial charge < -0.3 is 14.7 Å². The normalized spacial score (nSPS) is 9.88. The van der Waals surface area contributed by atoms with Crippen molar-refractivity contribution in [2.24, 2.45) is 0 Å². The molecule has 0 aromatic heterocycles. The van der Waals surface area contributed by atoms with Crippen molar-refractivity contribution in [2.45, 2.75) is 13.8 Å². The maximum absolute atomic E-state index is 9.44. The van der Waals surface area contributed by atoms with E-state index in [1.807, 2.05) is 6.07 Å². The number of aromatic hydroxyl groups is 1. The standard InChI is InChI=1S/C13H19NO2/c1-4-9-16-13-10-11(15)7-8-12(13)14(5-2)6-3/h4,7-8,10,15H,1,5-6,9H2,2-3H3. The van der Waals surface area contributed by atoms with Crippen LogP contribution in [-0.4, -0.2) is 24.8 Å². The molecule has 1 rings (SSSR count). The van der Waals surface area contributed by atoms with Gasteiger partial charge in [0, 0.05) is 19.2 Å². The van der Waals surface area contributed by atoms with E-state index in [9.17, 15) is 5.11 Å². The Labute approximate surface area is 97.0 Å². The highest BCUT2D eigenvalue weighted by Crippen LogP contribution is 2.31. The molecule has 88 valence electrons. The van der Waals surface area contributed by atoms with Crippen LogP contribution in [0.5, 0.6) is 11.5 Å². The van der Waals surface area contributed by atoms with Gasteiger partial charge in [0.2, 0.25) is 0 Å². The number of hydrogen-bond acceptors (Lipinski definition) is 3. The SMILES string of the molecule is C=CCOc1cc(O)ccc1N(CC)CC. The lowest BCUT2D eigenvalue weighted by molar-refractivity contribution is 0.360. The average molecular weight is 221 g/mol. The van der Waals surface area contributed by atoms with Crippen LogP contribution < -0.4 is 9.64 Å². The molecule has 0 bridgehead atoms. The Hall–Kier alpha value is -1.64. The van der Waals surface area contributed by atoms with E-state index in [0.717, 1.165) is 18.8 Å². The first kappa shape index (κ1) is 12.4. The first-order chi connectivity index (χ1) is 7.72. The number of phenols is 1. The van der Waals surface area contributed by atoms with Crippen molar-refractivity contribution in [3.63, 3.8) is 0 Å². The van der Waals surface area contributed by atoms with Gasteiger partial charge in [0.1, 0.15) is 18.1 Å². The summed E-state index contributed by atoms with van der Waals surface area (Å²) in [6, 6.07) is 5.19. The molecule has 3 heteroatoms. The van der Waals surface area contributed by atoms with Crippen molar-refractivity contribution in [2.75, 3.05) is 24.6 Å². The Morgan fingerprint density at radius 2 is 2.06 bits per heavy atom. The molecule has 0 amide bonds. The number of phenolic OH excluding ortho intramolecular Hbond substituents is 1. The van der Waals surface area contributed by atoms with Gasteiger partial charge in [0.05, 0.1) is 5.69 Å². The zero-order valence-corrected chi connectivity index (χ0v) is 9.94. The van der Waals surface area contributed by atoms with E-state index in [1.165, 1.54) is 0 Å². The highest BCUT2D eigenvalue weighted by atomic mass is 16.5. The van der Waals surface area contributed by atoms with E-state index in [4.69, 9.17) is 4.74 Å². The Kier molecular flexibility index (Phi) is 4.70. The maximum Gasteiger partial charge on any atom is 0.146 e. The van der Waals surface area contributed by atoms with Gasteiger partial charge in [-0.1, -0.05) is 12.7 Å². The lowest BCUT2D eigenvalue weighted by atomic mass is 10.2. The molecule has 0 spiro atoms. The van der Waals surface area contributed by atoms with Gasteiger partial charge >= 0.3 is 0 Å². The van der Waals surface area contributed by atoms with E-state index < -0.39 is 0 Å². The molecular weight excluding hydrogens is 202 g/mol. The first-order valence-corrected chi connectivity index (χ1v) is 5.54. The van der Waals surface area contributed by atoms with Crippen molar-refractivity contribution in [1.29, 1.82) is 0 Å². The van der Waals surface area contributed by atoms with Gasteiger partial charge in [-0.05, 0) is 26.0 Å². The molecule has 1 aromatic rings. The third-order valence-corrected chi connectivity index (χ3v) is 2.40. The van der Waals surface area contributed by atoms with Crippen LogP contribution in [0.15, 0.2) is 30.9 Å². The van der Waals surface area contributed by atoms with Crippen LogP contribution in [0, 0.1) is 0 Å². The predicted molar refractivity (Wildman–Crippen MR) is 67.4 cm³/mol. The second-order valence-electron chi connectivity index (χ2n) is 3.42. The summed E-state index contributed by atoms with van der Waals surface area (Å²) in [5, 5.41) is 9.44. The molecule has 0 atom stereocenters. The molecule has 1 N–H and O–H groups in total. The topological polar surface area (TPSA) is 32.7 Å². The van der Waals surface area contributed by atoms with Crippen LogP contribution >= 0.6 is 0 Å². The zero-order valence-electron chi connectivity index (χ0n) is 9.94. The molecule has 3 nitrogen and oxygen atoms in total. The summed E-state index contributed by atoms with van der Waals surface area (Å²) in [6.07, 6.45) is 1.69. The average Bonchev–Trinajstić information content (AvgIpc) is 2.30. The Morgan fingerprint density at radius 1 is 1.38 bits per heavy atom. The summed E-state index contributed by atoms with van der Waals surface area (Å²) in [4.78, 5) is 2.18. The predicted octanol–water partition coefficient (Wildman–Crippen LogP) is 2.80. The summed E-state index contributed by atoms with van der Waals surface area (Å²) >= 11 is 0. The number of nitrogens with zero attached hydrogens (tertiary/aromatic N) is 1. The minimum Gasteiger partial charge on any atom is -0.508 e. The summed E-state index contributed by atoms with van der Waals surface area (Å²) in [6.45, 7) is 10.1. The summed E-state index contributed by atoms with van der Waals surface area (Å²) in [5.74, 6) is 0.915. The largest absolute Gasteiger partial charge is 0.508 e. The van der Waals surface area contributed by atoms with E-state index in [-0.39, 0.29) is 5.75 Å². The smallest absolute Gasteiger partial charge is 0.146 e. The van der Waals surface area contributed by atoms with E-state index >= 15 is 0 Å². The van der Waals surface area contributed by atoms with Crippen LogP contribution in [0.4, 0.5) is 5.69 Å². The van der Waals surface area contributed by atoms with Crippen LogP contribution in [-0.2, 0) is 0 Å². The zero-order chi connectivity index (χ0) is 12.0. The fourth-order valence-corrected chi connectivity index (χ4v) is 1.59. The van der Waals surface area contributed by atoms with Gasteiger partial charge in [0.15, 0.2) is 0 Å². The van der Waals surface area contributed by atoms with Crippen LogP contribution in [0.3, 0.4) is 0 Å². The van der Waals surface area contributed by atoms with Crippen LogP contribution in [0.2, 0.25) is 0 Å². The lowest BCUT2D eigenvalue weighted by Crippen LogP contribution is -2.22. The van der Waals surface area contributed by atoms with Gasteiger partial charge in [0.25, 0.3) is 0 Å². The second-order valence-corrected chi connectivity index (χ2v) is 3.42. The van der Waals surface area contributed by atoms with Crippen molar-refractivity contribution >= 4 is 5.69 Å². The number of benzene rings is 1. The van der Waals surface area contributed by atoms with Gasteiger partial charge in [-0.3, -0.25) is 0 Å². The van der Waals surface area contributed by atoms with Crippen LogP contribution in [0.25, 0.3) is 0 Å². The quantitative estimate of drug-likeness (QED) is 0.750. The van der Waals surface area contributed by atoms with E-state index in [2.05, 4.69) is 25.3 Å². The van der Waals surface area contributed by atoms with Crippen molar-refractivity contribution in [3.05, 3.63) is 30.9 Å². The third-order valence-electron chi connectivity index (χ3n) is 2.40. The van der Waals surface area contributed by atoms with Crippen LogP contribution in [0.1, 0.15) is 13.8 Å². The molecule has 1 aromatic carbocycles. The molecule has 0 unspecified atom stereocenters. The minimum atomic E-state index is 0.218. The second kappa shape index (κ2) is 6.05. The molecule has 16 heavy (non-hydrogen) atoms. The van der Waals surface area contributed by atoms with Gasteiger partial charge in [-0.2, -0.15) is 0 Å². The lowest BCUT2D eigenvalue weighted by Gasteiger charge is -2.23. The highest BCUT2D eigenvalue weighted by Gasteiger charge is 2.09. The van der Waals surface area contributed by atoms with Crippen molar-refractivity contribution in [3.8, 4) is 11.5 Å². The number of rotatable bonds is 6. The summed E-state index contributed by atoms with van der Waals surface area (Å²) in [7, 11) is 0. The Morgan fingerprint density at radius 3 is 2.62 bits per heavy atom. The monoisotopic (exact) mass is 221 g/mol. The summed E-state index contributed by atoms with van der Waals surface area (Å²) in [5.41, 5.74) is 1.00. The fourth-order valence-electron chi connectivity index (χ4n) is 1.59. The summed E-state index contributed by atoms with van der Waals surface area (Å²) < 4.78 is 5.53.